The molecule has 2 aromatic rings. The molecule has 0 aliphatic rings. The summed E-state index contributed by atoms with van der Waals surface area (Å²) in [6.07, 6.45) is 0. The SMILES string of the molecule is CC(C)(C)c1ccc(C(=O)NCc2nnc(SCC#N)o2)cc1. The molecule has 0 aliphatic heterocycles. The second-order valence-corrected chi connectivity index (χ2v) is 6.85. The van der Waals surface area contributed by atoms with Gasteiger partial charge in [0.1, 0.15) is 0 Å². The van der Waals surface area contributed by atoms with E-state index >= 15 is 0 Å². The van der Waals surface area contributed by atoms with Crippen molar-refractivity contribution >= 4 is 17.7 Å². The van der Waals surface area contributed by atoms with Crippen molar-refractivity contribution in [3.63, 3.8) is 0 Å². The molecule has 2 rings (SSSR count). The zero-order valence-electron chi connectivity index (χ0n) is 13.3. The number of carbonyl (C=O) groups is 1. The zero-order chi connectivity index (χ0) is 16.9. The van der Waals surface area contributed by atoms with Crippen LogP contribution in [0.15, 0.2) is 33.9 Å². The number of nitrogens with zero attached hydrogens (tertiary/aromatic N) is 3. The molecule has 23 heavy (non-hydrogen) atoms. The maximum Gasteiger partial charge on any atom is 0.277 e. The number of amides is 1. The Hall–Kier alpha value is -2.33. The van der Waals surface area contributed by atoms with Gasteiger partial charge in [0.25, 0.3) is 11.1 Å². The quantitative estimate of drug-likeness (QED) is 0.848. The van der Waals surface area contributed by atoms with Crippen molar-refractivity contribution in [2.24, 2.45) is 0 Å². The van der Waals surface area contributed by atoms with Gasteiger partial charge in [-0.3, -0.25) is 4.79 Å². The predicted molar refractivity (Wildman–Crippen MR) is 86.9 cm³/mol. The molecule has 0 fully saturated rings. The smallest absolute Gasteiger partial charge is 0.277 e. The van der Waals surface area contributed by atoms with Crippen LogP contribution in [0.4, 0.5) is 0 Å². The van der Waals surface area contributed by atoms with Crippen LogP contribution in [0.2, 0.25) is 0 Å². The largest absolute Gasteiger partial charge is 0.414 e. The molecule has 1 aromatic heterocycles. The van der Waals surface area contributed by atoms with Crippen LogP contribution >= 0.6 is 11.8 Å². The van der Waals surface area contributed by atoms with Crippen LogP contribution in [0.25, 0.3) is 0 Å². The average Bonchev–Trinajstić information content (AvgIpc) is 2.98. The number of aromatic nitrogens is 2. The van der Waals surface area contributed by atoms with Crippen molar-refractivity contribution in [1.29, 1.82) is 5.26 Å². The van der Waals surface area contributed by atoms with E-state index in [1.165, 1.54) is 5.56 Å². The van der Waals surface area contributed by atoms with Crippen molar-refractivity contribution in [3.8, 4) is 6.07 Å². The Morgan fingerprint density at radius 2 is 2.00 bits per heavy atom. The van der Waals surface area contributed by atoms with Crippen LogP contribution in [0.5, 0.6) is 0 Å². The molecule has 1 amide bonds. The molecule has 1 aromatic carbocycles. The third-order valence-electron chi connectivity index (χ3n) is 3.12. The van der Waals surface area contributed by atoms with Gasteiger partial charge in [0.15, 0.2) is 0 Å². The minimum absolute atomic E-state index is 0.0518. The van der Waals surface area contributed by atoms with E-state index in [0.29, 0.717) is 16.7 Å². The van der Waals surface area contributed by atoms with E-state index in [1.807, 2.05) is 18.2 Å². The second-order valence-electron chi connectivity index (χ2n) is 5.92. The van der Waals surface area contributed by atoms with Gasteiger partial charge in [-0.15, -0.1) is 10.2 Å². The first-order valence-electron chi connectivity index (χ1n) is 7.11. The van der Waals surface area contributed by atoms with Crippen LogP contribution in [0.1, 0.15) is 42.6 Å². The summed E-state index contributed by atoms with van der Waals surface area (Å²) >= 11 is 1.16. The Labute approximate surface area is 139 Å². The Kier molecular flexibility index (Phi) is 5.40. The molecule has 120 valence electrons. The van der Waals surface area contributed by atoms with Crippen LogP contribution in [-0.2, 0) is 12.0 Å². The summed E-state index contributed by atoms with van der Waals surface area (Å²) < 4.78 is 5.31. The highest BCUT2D eigenvalue weighted by molar-refractivity contribution is 7.99. The molecular formula is C16H18N4O2S. The highest BCUT2D eigenvalue weighted by Crippen LogP contribution is 2.22. The standard InChI is InChI=1S/C16H18N4O2S/c1-16(2,3)12-6-4-11(5-7-12)14(21)18-10-13-19-20-15(22-13)23-9-8-17/h4-7H,9-10H2,1-3H3,(H,18,21). The third kappa shape index (κ3) is 4.83. The predicted octanol–water partition coefficient (Wildman–Crippen LogP) is 2.91. The van der Waals surface area contributed by atoms with Gasteiger partial charge in [0, 0.05) is 5.56 Å². The van der Waals surface area contributed by atoms with Gasteiger partial charge in [-0.1, -0.05) is 44.7 Å². The number of nitriles is 1. The molecule has 0 spiro atoms. The Morgan fingerprint density at radius 1 is 1.30 bits per heavy atom. The summed E-state index contributed by atoms with van der Waals surface area (Å²) in [6, 6.07) is 9.50. The normalized spacial score (nSPS) is 11.0. The molecule has 0 saturated heterocycles. The monoisotopic (exact) mass is 330 g/mol. The Balaban J connectivity index is 1.92. The number of hydrogen-bond acceptors (Lipinski definition) is 6. The topological polar surface area (TPSA) is 91.8 Å². The first-order chi connectivity index (χ1) is 10.9. The van der Waals surface area contributed by atoms with E-state index in [2.05, 4.69) is 36.3 Å². The van der Waals surface area contributed by atoms with Gasteiger partial charge in [0.05, 0.1) is 18.4 Å². The van der Waals surface area contributed by atoms with E-state index in [0.717, 1.165) is 11.8 Å². The molecule has 0 bridgehead atoms. The van der Waals surface area contributed by atoms with Crippen LogP contribution < -0.4 is 5.32 Å². The summed E-state index contributed by atoms with van der Waals surface area (Å²) in [4.78, 5) is 12.1. The molecule has 1 N–H and O–H groups in total. The number of rotatable bonds is 5. The Morgan fingerprint density at radius 3 is 2.61 bits per heavy atom. The fourth-order valence-corrected chi connectivity index (χ4v) is 2.28. The Bertz CT molecular complexity index is 711. The average molecular weight is 330 g/mol. The molecule has 1 heterocycles. The van der Waals surface area contributed by atoms with E-state index in [9.17, 15) is 4.79 Å². The lowest BCUT2D eigenvalue weighted by Crippen LogP contribution is -2.23. The molecule has 0 radical (unpaired) electrons. The van der Waals surface area contributed by atoms with Crippen LogP contribution in [0.3, 0.4) is 0 Å². The van der Waals surface area contributed by atoms with Gasteiger partial charge in [0.2, 0.25) is 5.89 Å². The summed E-state index contributed by atoms with van der Waals surface area (Å²) in [5.74, 6) is 0.355. The van der Waals surface area contributed by atoms with Gasteiger partial charge in [-0.05, 0) is 23.1 Å². The first-order valence-corrected chi connectivity index (χ1v) is 8.09. The number of carbonyl (C=O) groups excluding carboxylic acids is 1. The fourth-order valence-electron chi connectivity index (χ4n) is 1.84. The van der Waals surface area contributed by atoms with Gasteiger partial charge >= 0.3 is 0 Å². The number of hydrogen-bond donors (Lipinski definition) is 1. The highest BCUT2D eigenvalue weighted by Gasteiger charge is 2.14. The zero-order valence-corrected chi connectivity index (χ0v) is 14.1. The lowest BCUT2D eigenvalue weighted by molar-refractivity contribution is 0.0946. The lowest BCUT2D eigenvalue weighted by atomic mass is 9.87. The lowest BCUT2D eigenvalue weighted by Gasteiger charge is -2.18. The van der Waals surface area contributed by atoms with Crippen molar-refractivity contribution in [2.75, 3.05) is 5.75 Å². The molecule has 0 aliphatic carbocycles. The van der Waals surface area contributed by atoms with Crippen molar-refractivity contribution < 1.29 is 9.21 Å². The van der Waals surface area contributed by atoms with E-state index < -0.39 is 0 Å². The van der Waals surface area contributed by atoms with E-state index in [-0.39, 0.29) is 23.6 Å². The number of nitrogens with one attached hydrogen (secondary N) is 1. The molecular weight excluding hydrogens is 312 g/mol. The summed E-state index contributed by atoms with van der Waals surface area (Å²) in [5.41, 5.74) is 1.80. The maximum atomic E-state index is 12.1. The van der Waals surface area contributed by atoms with Crippen molar-refractivity contribution in [2.45, 2.75) is 38.0 Å². The summed E-state index contributed by atoms with van der Waals surface area (Å²) in [6.45, 7) is 6.53. The van der Waals surface area contributed by atoms with E-state index in [4.69, 9.17) is 9.68 Å². The van der Waals surface area contributed by atoms with E-state index in [1.54, 1.807) is 12.1 Å². The molecule has 6 nitrogen and oxygen atoms in total. The number of thioether (sulfide) groups is 1. The van der Waals surface area contributed by atoms with Crippen LogP contribution in [0, 0.1) is 11.3 Å². The molecule has 0 unspecified atom stereocenters. The van der Waals surface area contributed by atoms with Gasteiger partial charge in [-0.25, -0.2) is 0 Å². The molecule has 0 saturated carbocycles. The minimum atomic E-state index is -0.199. The van der Waals surface area contributed by atoms with Crippen molar-refractivity contribution in [1.82, 2.24) is 15.5 Å². The highest BCUT2D eigenvalue weighted by atomic mass is 32.2. The third-order valence-corrected chi connectivity index (χ3v) is 3.81. The van der Waals surface area contributed by atoms with Gasteiger partial charge in [-0.2, -0.15) is 5.26 Å². The summed E-state index contributed by atoms with van der Waals surface area (Å²) in [7, 11) is 0. The maximum absolute atomic E-state index is 12.1. The molecule has 0 atom stereocenters. The van der Waals surface area contributed by atoms with Gasteiger partial charge < -0.3 is 9.73 Å². The fraction of sp³-hybridized carbons (Fsp3) is 0.375. The second kappa shape index (κ2) is 7.29. The number of benzene rings is 1. The first kappa shape index (κ1) is 17.0. The van der Waals surface area contributed by atoms with Crippen molar-refractivity contribution in [3.05, 3.63) is 41.3 Å². The van der Waals surface area contributed by atoms with Crippen LogP contribution in [-0.4, -0.2) is 21.9 Å². The molecule has 7 heteroatoms. The summed E-state index contributed by atoms with van der Waals surface area (Å²) in [5, 5.41) is 19.2. The minimum Gasteiger partial charge on any atom is -0.414 e.